The fourth-order valence-electron chi connectivity index (χ4n) is 5.49. The molecule has 3 aromatic carbocycles. The molecule has 0 saturated carbocycles. The molecule has 0 radical (unpaired) electrons. The number of benzene rings is 3. The largest absolute Gasteiger partial charge is 0.493 e. The Labute approximate surface area is 225 Å². The third kappa shape index (κ3) is 5.58. The van der Waals surface area contributed by atoms with Gasteiger partial charge >= 0.3 is 0 Å². The second kappa shape index (κ2) is 11.8. The van der Waals surface area contributed by atoms with Crippen molar-refractivity contribution in [3.8, 4) is 11.5 Å². The number of methoxy groups -OCH3 is 2. The summed E-state index contributed by atoms with van der Waals surface area (Å²) >= 11 is 0. The predicted molar refractivity (Wildman–Crippen MR) is 146 cm³/mol. The van der Waals surface area contributed by atoms with Crippen molar-refractivity contribution in [3.05, 3.63) is 94.0 Å². The van der Waals surface area contributed by atoms with Crippen LogP contribution in [-0.4, -0.2) is 43.4 Å². The number of ether oxygens (including phenoxy) is 4. The molecule has 3 N–H and O–H groups in total. The van der Waals surface area contributed by atoms with E-state index >= 15 is 0 Å². The van der Waals surface area contributed by atoms with E-state index in [2.05, 4.69) is 36.1 Å². The lowest BCUT2D eigenvalue weighted by atomic mass is 9.89. The molecule has 2 aliphatic rings. The molecule has 2 aliphatic heterocycles. The van der Waals surface area contributed by atoms with Gasteiger partial charge in [0.25, 0.3) is 0 Å². The predicted octanol–water partition coefficient (Wildman–Crippen LogP) is 4.50. The lowest BCUT2D eigenvalue weighted by Crippen LogP contribution is -2.45. The Bertz CT molecular complexity index is 1210. The topological polar surface area (TPSA) is 86.4 Å². The molecule has 2 heterocycles. The number of aliphatic hydroxyl groups excluding tert-OH is 1. The molecular formula is C31H38N2O5. The number of hydrogen-bond acceptors (Lipinski definition) is 7. The summed E-state index contributed by atoms with van der Waals surface area (Å²) in [6.45, 7) is 5.29. The molecule has 3 aromatic rings. The summed E-state index contributed by atoms with van der Waals surface area (Å²) in [5.41, 5.74) is 12.4. The van der Waals surface area contributed by atoms with E-state index in [-0.39, 0.29) is 24.7 Å². The minimum atomic E-state index is -0.480. The zero-order valence-corrected chi connectivity index (χ0v) is 22.4. The van der Waals surface area contributed by atoms with E-state index in [9.17, 15) is 5.11 Å². The quantitative estimate of drug-likeness (QED) is 0.454. The third-order valence-electron chi connectivity index (χ3n) is 7.85. The standard InChI is InChI=1S/C31H38N2O5/c1-20-29(18-33-13-12-25-14-27(35-2)28(36-3)15-26(25)17-33)37-31(24-10-4-21(16-32)5-11-24)38-30(20)23-8-6-22(19-34)7-9-23/h4-11,14-15,20,29-31,34H,12-13,16-19,32H2,1-3H3/t20-,29+,30+,31+/m1/s1. The molecule has 5 rings (SSSR count). The highest BCUT2D eigenvalue weighted by atomic mass is 16.7. The van der Waals surface area contributed by atoms with E-state index in [0.717, 1.165) is 59.8 Å². The van der Waals surface area contributed by atoms with E-state index in [0.29, 0.717) is 6.54 Å². The lowest BCUT2D eigenvalue weighted by Gasteiger charge is -2.43. The number of fused-ring (bicyclic) bond motifs is 1. The van der Waals surface area contributed by atoms with Crippen LogP contribution in [-0.2, 0) is 35.6 Å². The zero-order chi connectivity index (χ0) is 26.6. The minimum Gasteiger partial charge on any atom is -0.493 e. The van der Waals surface area contributed by atoms with Gasteiger partial charge in [0.2, 0.25) is 0 Å². The van der Waals surface area contributed by atoms with Gasteiger partial charge in [-0.2, -0.15) is 0 Å². The molecule has 7 nitrogen and oxygen atoms in total. The van der Waals surface area contributed by atoms with Gasteiger partial charge in [-0.1, -0.05) is 55.5 Å². The van der Waals surface area contributed by atoms with E-state index in [1.54, 1.807) is 14.2 Å². The molecular weight excluding hydrogens is 480 g/mol. The SMILES string of the molecule is COc1cc2c(cc1OC)CN(C[C@@H]1O[C@H](c3ccc(CN)cc3)O[C@H](c3ccc(CO)cc3)[C@@H]1C)CC2. The van der Waals surface area contributed by atoms with Crippen molar-refractivity contribution in [1.82, 2.24) is 4.90 Å². The van der Waals surface area contributed by atoms with Gasteiger partial charge in [-0.25, -0.2) is 0 Å². The summed E-state index contributed by atoms with van der Waals surface area (Å²) in [7, 11) is 3.35. The average Bonchev–Trinajstić information content (AvgIpc) is 2.97. The molecule has 38 heavy (non-hydrogen) atoms. The maximum Gasteiger partial charge on any atom is 0.184 e. The normalized spacial score (nSPS) is 23.6. The Morgan fingerprint density at radius 2 is 1.53 bits per heavy atom. The molecule has 0 bridgehead atoms. The number of hydrogen-bond donors (Lipinski definition) is 2. The van der Waals surface area contributed by atoms with E-state index in [1.165, 1.54) is 11.1 Å². The first-order valence-corrected chi connectivity index (χ1v) is 13.3. The zero-order valence-electron chi connectivity index (χ0n) is 22.4. The second-order valence-electron chi connectivity index (χ2n) is 10.2. The third-order valence-corrected chi connectivity index (χ3v) is 7.85. The lowest BCUT2D eigenvalue weighted by molar-refractivity contribution is -0.276. The summed E-state index contributed by atoms with van der Waals surface area (Å²) in [4.78, 5) is 2.46. The van der Waals surface area contributed by atoms with E-state index in [1.807, 2.05) is 36.4 Å². The second-order valence-corrected chi connectivity index (χ2v) is 10.2. The highest BCUT2D eigenvalue weighted by Crippen LogP contribution is 2.42. The van der Waals surface area contributed by atoms with Crippen LogP contribution in [0.5, 0.6) is 11.5 Å². The van der Waals surface area contributed by atoms with Crippen LogP contribution in [0, 0.1) is 5.92 Å². The number of nitrogens with zero attached hydrogens (tertiary/aromatic N) is 1. The van der Waals surface area contributed by atoms with Crippen molar-refractivity contribution < 1.29 is 24.1 Å². The van der Waals surface area contributed by atoms with Crippen LogP contribution in [0.2, 0.25) is 0 Å². The highest BCUT2D eigenvalue weighted by Gasteiger charge is 2.39. The van der Waals surface area contributed by atoms with Gasteiger partial charge in [-0.05, 0) is 46.4 Å². The van der Waals surface area contributed by atoms with Gasteiger partial charge in [0.15, 0.2) is 17.8 Å². The number of aliphatic hydroxyl groups is 1. The smallest absolute Gasteiger partial charge is 0.184 e. The Kier molecular flexibility index (Phi) is 8.31. The monoisotopic (exact) mass is 518 g/mol. The number of nitrogens with two attached hydrogens (primary N) is 1. The Hall–Kier alpha value is -2.94. The highest BCUT2D eigenvalue weighted by molar-refractivity contribution is 5.48. The average molecular weight is 519 g/mol. The summed E-state index contributed by atoms with van der Waals surface area (Å²) in [6.07, 6.45) is 0.296. The molecule has 7 heteroatoms. The molecule has 4 atom stereocenters. The molecule has 0 spiro atoms. The fraction of sp³-hybridized carbons (Fsp3) is 0.419. The molecule has 1 fully saturated rings. The molecule has 0 aromatic heterocycles. The van der Waals surface area contributed by atoms with Crippen molar-refractivity contribution in [3.63, 3.8) is 0 Å². The van der Waals surface area contributed by atoms with Crippen molar-refractivity contribution in [2.24, 2.45) is 11.7 Å². The van der Waals surface area contributed by atoms with Crippen LogP contribution in [0.15, 0.2) is 60.7 Å². The van der Waals surface area contributed by atoms with Gasteiger partial charge in [-0.15, -0.1) is 0 Å². The van der Waals surface area contributed by atoms with Gasteiger partial charge in [0.05, 0.1) is 33.0 Å². The Morgan fingerprint density at radius 3 is 2.16 bits per heavy atom. The maximum absolute atomic E-state index is 9.50. The molecule has 0 unspecified atom stereocenters. The molecule has 0 amide bonds. The van der Waals surface area contributed by atoms with E-state index < -0.39 is 6.29 Å². The van der Waals surface area contributed by atoms with Crippen LogP contribution in [0.25, 0.3) is 0 Å². The first-order chi connectivity index (χ1) is 18.5. The van der Waals surface area contributed by atoms with Crippen molar-refractivity contribution in [2.75, 3.05) is 27.3 Å². The van der Waals surface area contributed by atoms with E-state index in [4.69, 9.17) is 24.7 Å². The first-order valence-electron chi connectivity index (χ1n) is 13.3. The Balaban J connectivity index is 1.39. The van der Waals surface area contributed by atoms with Crippen LogP contribution < -0.4 is 15.2 Å². The molecule has 202 valence electrons. The van der Waals surface area contributed by atoms with Crippen LogP contribution in [0.3, 0.4) is 0 Å². The van der Waals surface area contributed by atoms with Gasteiger partial charge in [-0.3, -0.25) is 4.90 Å². The van der Waals surface area contributed by atoms with Gasteiger partial charge in [0, 0.05) is 37.7 Å². The van der Waals surface area contributed by atoms with Crippen molar-refractivity contribution >= 4 is 0 Å². The van der Waals surface area contributed by atoms with Crippen LogP contribution in [0.1, 0.15) is 52.7 Å². The van der Waals surface area contributed by atoms with Gasteiger partial charge in [0.1, 0.15) is 0 Å². The molecule has 1 saturated heterocycles. The number of rotatable bonds is 8. The van der Waals surface area contributed by atoms with Crippen molar-refractivity contribution in [1.29, 1.82) is 0 Å². The first kappa shape index (κ1) is 26.7. The van der Waals surface area contributed by atoms with Crippen LogP contribution in [0.4, 0.5) is 0 Å². The maximum atomic E-state index is 9.50. The van der Waals surface area contributed by atoms with Gasteiger partial charge < -0.3 is 29.8 Å². The summed E-state index contributed by atoms with van der Waals surface area (Å²) in [5.74, 6) is 1.66. The minimum absolute atomic E-state index is 0.0241. The van der Waals surface area contributed by atoms with Crippen molar-refractivity contribution in [2.45, 2.75) is 51.5 Å². The summed E-state index contributed by atoms with van der Waals surface area (Å²) in [6, 6.07) is 20.4. The fourth-order valence-corrected chi connectivity index (χ4v) is 5.49. The summed E-state index contributed by atoms with van der Waals surface area (Å²) in [5, 5.41) is 9.50. The summed E-state index contributed by atoms with van der Waals surface area (Å²) < 4.78 is 24.3. The Morgan fingerprint density at radius 1 is 0.895 bits per heavy atom. The van der Waals surface area contributed by atoms with Crippen LogP contribution >= 0.6 is 0 Å². The molecule has 0 aliphatic carbocycles.